The topological polar surface area (TPSA) is 64.6 Å². The summed E-state index contributed by atoms with van der Waals surface area (Å²) in [6, 6.07) is -0.0953. The van der Waals surface area contributed by atoms with Gasteiger partial charge in [-0.15, -0.1) is 0 Å². The lowest BCUT2D eigenvalue weighted by Crippen LogP contribution is -2.40. The molecule has 0 radical (unpaired) electrons. The number of aliphatic hydroxyl groups excluding tert-OH is 1. The molecule has 1 saturated heterocycles. The van der Waals surface area contributed by atoms with E-state index in [-0.39, 0.29) is 12.6 Å². The Hall–Kier alpha value is -0.810. The molecule has 1 unspecified atom stereocenters. The molecule has 2 amide bonds. The van der Waals surface area contributed by atoms with Crippen LogP contribution in [0.5, 0.6) is 0 Å². The molecule has 1 heterocycles. The molecule has 3 N–H and O–H groups in total. The summed E-state index contributed by atoms with van der Waals surface area (Å²) in [5, 5.41) is 14.5. The number of carbonyl (C=O) groups is 1. The molecular formula is C15H31N3O2. The smallest absolute Gasteiger partial charge is 0.314 e. The van der Waals surface area contributed by atoms with Crippen molar-refractivity contribution in [1.82, 2.24) is 15.5 Å². The Morgan fingerprint density at radius 2 is 2.05 bits per heavy atom. The predicted octanol–water partition coefficient (Wildman–Crippen LogP) is 1.43. The lowest BCUT2D eigenvalue weighted by Gasteiger charge is -2.30. The average molecular weight is 285 g/mol. The van der Waals surface area contributed by atoms with Gasteiger partial charge in [-0.2, -0.15) is 0 Å². The molecule has 0 aliphatic carbocycles. The van der Waals surface area contributed by atoms with E-state index in [2.05, 4.69) is 22.5 Å². The average Bonchev–Trinajstić information content (AvgIpc) is 2.43. The number of hydrogen-bond acceptors (Lipinski definition) is 3. The number of nitrogens with one attached hydrogen (secondary N) is 2. The van der Waals surface area contributed by atoms with Crippen LogP contribution in [0, 0.1) is 11.8 Å². The first kappa shape index (κ1) is 17.2. The summed E-state index contributed by atoms with van der Waals surface area (Å²) in [5.74, 6) is 1.19. The van der Waals surface area contributed by atoms with E-state index in [1.807, 2.05) is 6.92 Å². The van der Waals surface area contributed by atoms with Gasteiger partial charge >= 0.3 is 6.03 Å². The van der Waals surface area contributed by atoms with Crippen molar-refractivity contribution in [1.29, 1.82) is 0 Å². The summed E-state index contributed by atoms with van der Waals surface area (Å²) < 4.78 is 0. The number of hydrogen-bond donors (Lipinski definition) is 3. The summed E-state index contributed by atoms with van der Waals surface area (Å²) in [7, 11) is 0. The Kier molecular flexibility index (Phi) is 8.62. The van der Waals surface area contributed by atoms with Crippen molar-refractivity contribution in [2.75, 3.05) is 39.3 Å². The number of urea groups is 1. The third kappa shape index (κ3) is 7.70. The van der Waals surface area contributed by atoms with Crippen LogP contribution < -0.4 is 10.6 Å². The maximum Gasteiger partial charge on any atom is 0.314 e. The highest BCUT2D eigenvalue weighted by Crippen LogP contribution is 2.15. The fourth-order valence-corrected chi connectivity index (χ4v) is 2.44. The minimum Gasteiger partial charge on any atom is -0.396 e. The monoisotopic (exact) mass is 285 g/mol. The van der Waals surface area contributed by atoms with Crippen LogP contribution in [0.1, 0.15) is 39.5 Å². The number of nitrogens with zero attached hydrogens (tertiary/aromatic N) is 1. The number of likely N-dealkylation sites (tertiary alicyclic amines) is 1. The van der Waals surface area contributed by atoms with Gasteiger partial charge in [0.25, 0.3) is 0 Å². The molecule has 0 bridgehead atoms. The van der Waals surface area contributed by atoms with Gasteiger partial charge in [-0.05, 0) is 57.2 Å². The van der Waals surface area contributed by atoms with E-state index >= 15 is 0 Å². The van der Waals surface area contributed by atoms with E-state index in [0.717, 1.165) is 31.8 Å². The molecule has 0 spiro atoms. The molecule has 1 fully saturated rings. The molecule has 1 aliphatic rings. The maximum absolute atomic E-state index is 11.5. The number of rotatable bonds is 8. The first-order chi connectivity index (χ1) is 9.61. The minimum atomic E-state index is -0.0953. The van der Waals surface area contributed by atoms with Gasteiger partial charge in [-0.3, -0.25) is 0 Å². The van der Waals surface area contributed by atoms with Crippen LogP contribution in [0.4, 0.5) is 4.79 Å². The third-order valence-corrected chi connectivity index (χ3v) is 4.05. The van der Waals surface area contributed by atoms with Crippen LogP contribution in [0.3, 0.4) is 0 Å². The fourth-order valence-electron chi connectivity index (χ4n) is 2.44. The summed E-state index contributed by atoms with van der Waals surface area (Å²) >= 11 is 0. The molecule has 1 atom stereocenters. The van der Waals surface area contributed by atoms with Gasteiger partial charge in [0.2, 0.25) is 0 Å². The highest BCUT2D eigenvalue weighted by Gasteiger charge is 2.14. The molecule has 0 aromatic rings. The quantitative estimate of drug-likeness (QED) is 0.591. The van der Waals surface area contributed by atoms with E-state index in [9.17, 15) is 4.79 Å². The Morgan fingerprint density at radius 3 is 2.70 bits per heavy atom. The van der Waals surface area contributed by atoms with Gasteiger partial charge in [0, 0.05) is 19.7 Å². The van der Waals surface area contributed by atoms with Gasteiger partial charge in [0.05, 0.1) is 0 Å². The van der Waals surface area contributed by atoms with E-state index < -0.39 is 0 Å². The molecule has 118 valence electrons. The SMILES string of the molecule is CC1CCN(CCCNC(=O)NCC(C)CCO)CC1. The Balaban J connectivity index is 1.96. The van der Waals surface area contributed by atoms with Gasteiger partial charge in [0.15, 0.2) is 0 Å². The molecule has 1 rings (SSSR count). The number of piperidine rings is 1. The lowest BCUT2D eigenvalue weighted by atomic mass is 9.99. The molecule has 5 heteroatoms. The number of aliphatic hydroxyl groups is 1. The molecule has 5 nitrogen and oxygen atoms in total. The van der Waals surface area contributed by atoms with Gasteiger partial charge < -0.3 is 20.6 Å². The summed E-state index contributed by atoms with van der Waals surface area (Å²) in [6.07, 6.45) is 4.34. The van der Waals surface area contributed by atoms with Crippen LogP contribution in [0.2, 0.25) is 0 Å². The first-order valence-electron chi connectivity index (χ1n) is 7.96. The normalized spacial score (nSPS) is 18.8. The predicted molar refractivity (Wildman–Crippen MR) is 81.7 cm³/mol. The Labute approximate surface area is 123 Å². The number of carbonyl (C=O) groups excluding carboxylic acids is 1. The zero-order chi connectivity index (χ0) is 14.8. The van der Waals surface area contributed by atoms with Crippen molar-refractivity contribution in [3.05, 3.63) is 0 Å². The highest BCUT2D eigenvalue weighted by molar-refractivity contribution is 5.73. The van der Waals surface area contributed by atoms with E-state index in [1.54, 1.807) is 0 Å². The number of amides is 2. The second kappa shape index (κ2) is 10.00. The van der Waals surface area contributed by atoms with Crippen LogP contribution in [0.15, 0.2) is 0 Å². The van der Waals surface area contributed by atoms with Crippen molar-refractivity contribution >= 4 is 6.03 Å². The zero-order valence-electron chi connectivity index (χ0n) is 13.0. The molecule has 1 aliphatic heterocycles. The van der Waals surface area contributed by atoms with Crippen LogP contribution in [0.25, 0.3) is 0 Å². The standard InChI is InChI=1S/C15H31N3O2/c1-13-4-9-18(10-5-13)8-3-7-16-15(20)17-12-14(2)6-11-19/h13-14,19H,3-12H2,1-2H3,(H2,16,17,20). The molecule has 0 aromatic heterocycles. The molecule has 0 saturated carbocycles. The van der Waals surface area contributed by atoms with Crippen LogP contribution in [-0.4, -0.2) is 55.4 Å². The van der Waals surface area contributed by atoms with Crippen molar-refractivity contribution in [3.8, 4) is 0 Å². The molecular weight excluding hydrogens is 254 g/mol. The van der Waals surface area contributed by atoms with Gasteiger partial charge in [-0.1, -0.05) is 13.8 Å². The lowest BCUT2D eigenvalue weighted by molar-refractivity contribution is 0.190. The highest BCUT2D eigenvalue weighted by atomic mass is 16.3. The van der Waals surface area contributed by atoms with E-state index in [0.29, 0.717) is 12.5 Å². The van der Waals surface area contributed by atoms with Gasteiger partial charge in [0.1, 0.15) is 0 Å². The van der Waals surface area contributed by atoms with Gasteiger partial charge in [-0.25, -0.2) is 4.79 Å². The second-order valence-corrected chi connectivity index (χ2v) is 6.13. The fraction of sp³-hybridized carbons (Fsp3) is 0.933. The summed E-state index contributed by atoms with van der Waals surface area (Å²) in [6.45, 7) is 9.35. The van der Waals surface area contributed by atoms with Crippen molar-refractivity contribution in [3.63, 3.8) is 0 Å². The summed E-state index contributed by atoms with van der Waals surface area (Å²) in [4.78, 5) is 14.0. The largest absolute Gasteiger partial charge is 0.396 e. The molecule has 20 heavy (non-hydrogen) atoms. The minimum absolute atomic E-state index is 0.0953. The van der Waals surface area contributed by atoms with E-state index in [1.165, 1.54) is 25.9 Å². The van der Waals surface area contributed by atoms with Crippen LogP contribution in [-0.2, 0) is 0 Å². The maximum atomic E-state index is 11.5. The van der Waals surface area contributed by atoms with Crippen LogP contribution >= 0.6 is 0 Å². The zero-order valence-corrected chi connectivity index (χ0v) is 13.0. The van der Waals surface area contributed by atoms with E-state index in [4.69, 9.17) is 5.11 Å². The van der Waals surface area contributed by atoms with Crippen molar-refractivity contribution < 1.29 is 9.90 Å². The molecule has 0 aromatic carbocycles. The summed E-state index contributed by atoms with van der Waals surface area (Å²) in [5.41, 5.74) is 0. The Bertz CT molecular complexity index is 266. The van der Waals surface area contributed by atoms with Crippen molar-refractivity contribution in [2.24, 2.45) is 11.8 Å². The second-order valence-electron chi connectivity index (χ2n) is 6.13. The van der Waals surface area contributed by atoms with Crippen molar-refractivity contribution in [2.45, 2.75) is 39.5 Å². The Morgan fingerprint density at radius 1 is 1.35 bits per heavy atom. The first-order valence-corrected chi connectivity index (χ1v) is 7.96. The third-order valence-electron chi connectivity index (χ3n) is 4.05.